The Labute approximate surface area is 196 Å². The zero-order valence-corrected chi connectivity index (χ0v) is 19.4. The van der Waals surface area contributed by atoms with Crippen LogP contribution in [0.4, 0.5) is 11.4 Å². The number of carbonyl (C=O) groups is 2. The van der Waals surface area contributed by atoms with Crippen LogP contribution >= 0.6 is 11.6 Å². The normalized spacial score (nSPS) is 10.9. The van der Waals surface area contributed by atoms with E-state index in [4.69, 9.17) is 16.3 Å². The van der Waals surface area contributed by atoms with Gasteiger partial charge in [0.05, 0.1) is 30.4 Å². The van der Waals surface area contributed by atoms with E-state index >= 15 is 0 Å². The van der Waals surface area contributed by atoms with Crippen LogP contribution in [0.15, 0.2) is 77.7 Å². The van der Waals surface area contributed by atoms with Gasteiger partial charge in [0.25, 0.3) is 10.0 Å². The molecule has 0 saturated heterocycles. The number of ether oxygens (including phenoxy) is 2. The fourth-order valence-electron chi connectivity index (χ4n) is 3.02. The standard InChI is InChI=1S/C23H21ClN2O6S/c1-31-21-13-10-17(24)14-20(21)26(33(29,30)19-6-4-3-5-7-19)15-22(27)25-18-11-8-16(9-12-18)23(28)32-2/h3-14H,15H2,1-2H3,(H,25,27). The topological polar surface area (TPSA) is 102 Å². The van der Waals surface area contributed by atoms with E-state index in [1.807, 2.05) is 0 Å². The van der Waals surface area contributed by atoms with E-state index in [1.165, 1.54) is 62.8 Å². The first-order chi connectivity index (χ1) is 15.8. The van der Waals surface area contributed by atoms with Crippen LogP contribution < -0.4 is 14.4 Å². The fourth-order valence-corrected chi connectivity index (χ4v) is 4.63. The molecule has 0 saturated carbocycles. The zero-order valence-electron chi connectivity index (χ0n) is 17.8. The fraction of sp³-hybridized carbons (Fsp3) is 0.130. The average molecular weight is 489 g/mol. The highest BCUT2D eigenvalue weighted by Gasteiger charge is 2.29. The van der Waals surface area contributed by atoms with Crippen molar-refractivity contribution < 1.29 is 27.5 Å². The van der Waals surface area contributed by atoms with Crippen molar-refractivity contribution in [3.8, 4) is 5.75 Å². The molecule has 0 aliphatic rings. The highest BCUT2D eigenvalue weighted by molar-refractivity contribution is 7.92. The lowest BCUT2D eigenvalue weighted by molar-refractivity contribution is -0.114. The van der Waals surface area contributed by atoms with Gasteiger partial charge in [-0.15, -0.1) is 0 Å². The molecule has 1 amide bonds. The number of anilines is 2. The Bertz CT molecular complexity index is 1250. The van der Waals surface area contributed by atoms with Crippen LogP contribution in [-0.4, -0.2) is 41.1 Å². The molecule has 10 heteroatoms. The van der Waals surface area contributed by atoms with Crippen LogP contribution in [0.1, 0.15) is 10.4 Å². The maximum Gasteiger partial charge on any atom is 0.337 e. The predicted octanol–water partition coefficient (Wildman–Crippen LogP) is 3.97. The molecule has 3 aromatic carbocycles. The third kappa shape index (κ3) is 5.63. The molecule has 0 spiro atoms. The Morgan fingerprint density at radius 3 is 2.24 bits per heavy atom. The zero-order chi connectivity index (χ0) is 24.0. The quantitative estimate of drug-likeness (QED) is 0.481. The Morgan fingerprint density at radius 2 is 1.64 bits per heavy atom. The number of sulfonamides is 1. The molecule has 3 rings (SSSR count). The first-order valence-electron chi connectivity index (χ1n) is 9.66. The van der Waals surface area contributed by atoms with E-state index < -0.39 is 28.4 Å². The number of carbonyl (C=O) groups excluding carboxylic acids is 2. The van der Waals surface area contributed by atoms with Gasteiger partial charge in [0.2, 0.25) is 5.91 Å². The first kappa shape index (κ1) is 24.1. The monoisotopic (exact) mass is 488 g/mol. The smallest absolute Gasteiger partial charge is 0.337 e. The lowest BCUT2D eigenvalue weighted by Crippen LogP contribution is -2.38. The van der Waals surface area contributed by atoms with Crippen molar-refractivity contribution in [3.63, 3.8) is 0 Å². The van der Waals surface area contributed by atoms with Crippen molar-refractivity contribution in [2.45, 2.75) is 4.90 Å². The summed E-state index contributed by atoms with van der Waals surface area (Å²) in [7, 11) is -1.48. The van der Waals surface area contributed by atoms with Crippen molar-refractivity contribution in [1.82, 2.24) is 0 Å². The molecule has 0 aliphatic carbocycles. The molecular weight excluding hydrogens is 468 g/mol. The molecule has 8 nitrogen and oxygen atoms in total. The van der Waals surface area contributed by atoms with E-state index in [0.29, 0.717) is 11.3 Å². The van der Waals surface area contributed by atoms with Gasteiger partial charge in [-0.05, 0) is 54.6 Å². The number of esters is 1. The second-order valence-electron chi connectivity index (χ2n) is 6.76. The van der Waals surface area contributed by atoms with E-state index in [-0.39, 0.29) is 21.4 Å². The maximum absolute atomic E-state index is 13.4. The molecule has 172 valence electrons. The van der Waals surface area contributed by atoms with Gasteiger partial charge < -0.3 is 14.8 Å². The van der Waals surface area contributed by atoms with Crippen LogP contribution in [0.25, 0.3) is 0 Å². The number of nitrogens with one attached hydrogen (secondary N) is 1. The highest BCUT2D eigenvalue weighted by Crippen LogP contribution is 2.34. The molecule has 0 bridgehead atoms. The second-order valence-corrected chi connectivity index (χ2v) is 9.06. The summed E-state index contributed by atoms with van der Waals surface area (Å²) in [5, 5.41) is 2.91. The average Bonchev–Trinajstić information content (AvgIpc) is 2.83. The molecule has 0 aliphatic heterocycles. The number of rotatable bonds is 8. The van der Waals surface area contributed by atoms with Gasteiger partial charge >= 0.3 is 5.97 Å². The van der Waals surface area contributed by atoms with Crippen molar-refractivity contribution in [2.24, 2.45) is 0 Å². The molecule has 0 heterocycles. The molecule has 0 unspecified atom stereocenters. The minimum absolute atomic E-state index is 0.00209. The first-order valence-corrected chi connectivity index (χ1v) is 11.5. The minimum atomic E-state index is -4.14. The summed E-state index contributed by atoms with van der Waals surface area (Å²) in [5.41, 5.74) is 0.806. The summed E-state index contributed by atoms with van der Waals surface area (Å²) in [6, 6.07) is 18.2. The van der Waals surface area contributed by atoms with Gasteiger partial charge in [-0.25, -0.2) is 13.2 Å². The van der Waals surface area contributed by atoms with Crippen molar-refractivity contribution in [1.29, 1.82) is 0 Å². The molecule has 0 radical (unpaired) electrons. The SMILES string of the molecule is COC(=O)c1ccc(NC(=O)CN(c2cc(Cl)ccc2OC)S(=O)(=O)c2ccccc2)cc1. The van der Waals surface area contributed by atoms with E-state index in [1.54, 1.807) is 24.3 Å². The van der Waals surface area contributed by atoms with Crippen molar-refractivity contribution in [2.75, 3.05) is 30.4 Å². The van der Waals surface area contributed by atoms with Gasteiger partial charge in [-0.3, -0.25) is 9.10 Å². The van der Waals surface area contributed by atoms with Gasteiger partial charge in [-0.1, -0.05) is 29.8 Å². The van der Waals surface area contributed by atoms with E-state index in [0.717, 1.165) is 4.31 Å². The second kappa shape index (κ2) is 10.4. The van der Waals surface area contributed by atoms with Gasteiger partial charge in [0.15, 0.2) is 0 Å². The van der Waals surface area contributed by atoms with Gasteiger partial charge in [-0.2, -0.15) is 0 Å². The molecular formula is C23H21ClN2O6S. The summed E-state index contributed by atoms with van der Waals surface area (Å²) in [6.45, 7) is -0.549. The molecule has 0 fully saturated rings. The number of hydrogen-bond donors (Lipinski definition) is 1. The summed E-state index contributed by atoms with van der Waals surface area (Å²) in [6.07, 6.45) is 0. The summed E-state index contributed by atoms with van der Waals surface area (Å²) in [4.78, 5) is 24.4. The van der Waals surface area contributed by atoms with E-state index in [2.05, 4.69) is 10.1 Å². The molecule has 33 heavy (non-hydrogen) atoms. The third-order valence-electron chi connectivity index (χ3n) is 4.62. The van der Waals surface area contributed by atoms with Crippen LogP contribution in [0.2, 0.25) is 5.02 Å². The van der Waals surface area contributed by atoms with Crippen LogP contribution in [-0.2, 0) is 19.6 Å². The number of benzene rings is 3. The predicted molar refractivity (Wildman–Crippen MR) is 125 cm³/mol. The minimum Gasteiger partial charge on any atom is -0.495 e. The maximum atomic E-state index is 13.4. The highest BCUT2D eigenvalue weighted by atomic mass is 35.5. The van der Waals surface area contributed by atoms with Crippen molar-refractivity contribution >= 4 is 44.9 Å². The Hall–Kier alpha value is -3.56. The Kier molecular flexibility index (Phi) is 7.57. The lowest BCUT2D eigenvalue weighted by atomic mass is 10.2. The van der Waals surface area contributed by atoms with Crippen LogP contribution in [0, 0.1) is 0 Å². The molecule has 1 N–H and O–H groups in total. The van der Waals surface area contributed by atoms with Crippen LogP contribution in [0.5, 0.6) is 5.75 Å². The molecule has 3 aromatic rings. The number of halogens is 1. The summed E-state index contributed by atoms with van der Waals surface area (Å²) < 4.78 is 37.8. The number of nitrogens with zero attached hydrogens (tertiary/aromatic N) is 1. The molecule has 0 atom stereocenters. The number of methoxy groups -OCH3 is 2. The Morgan fingerprint density at radius 1 is 0.970 bits per heavy atom. The molecule has 0 aromatic heterocycles. The van der Waals surface area contributed by atoms with Crippen molar-refractivity contribution in [3.05, 3.63) is 83.4 Å². The largest absolute Gasteiger partial charge is 0.495 e. The lowest BCUT2D eigenvalue weighted by Gasteiger charge is -2.26. The Balaban J connectivity index is 1.94. The van der Waals surface area contributed by atoms with Gasteiger partial charge in [0, 0.05) is 10.7 Å². The summed E-state index contributed by atoms with van der Waals surface area (Å²) >= 11 is 6.12. The van der Waals surface area contributed by atoms with Gasteiger partial charge in [0.1, 0.15) is 12.3 Å². The third-order valence-corrected chi connectivity index (χ3v) is 6.63. The van der Waals surface area contributed by atoms with E-state index in [9.17, 15) is 18.0 Å². The summed E-state index contributed by atoms with van der Waals surface area (Å²) in [5.74, 6) is -0.891. The number of amides is 1. The van der Waals surface area contributed by atoms with Crippen LogP contribution in [0.3, 0.4) is 0 Å². The number of hydrogen-bond acceptors (Lipinski definition) is 6.